The van der Waals surface area contributed by atoms with Crippen LogP contribution in [0.1, 0.15) is 29.8 Å². The Morgan fingerprint density at radius 3 is 3.00 bits per heavy atom. The lowest BCUT2D eigenvalue weighted by atomic mass is 10.3. The Bertz CT molecular complexity index is 479. The maximum Gasteiger partial charge on any atom is 0.358 e. The number of methoxy groups -OCH3 is 1. The molecule has 0 spiro atoms. The summed E-state index contributed by atoms with van der Waals surface area (Å²) in [6, 6.07) is 2.53. The van der Waals surface area contributed by atoms with Crippen molar-refractivity contribution in [3.05, 3.63) is 18.1 Å². The molecule has 0 radical (unpaired) electrons. The zero-order valence-electron chi connectivity index (χ0n) is 10.2. The first kappa shape index (κ1) is 12.3. The predicted octanol–water partition coefficient (Wildman–Crippen LogP) is 1.15. The third-order valence-electron chi connectivity index (χ3n) is 2.76. The van der Waals surface area contributed by atoms with Gasteiger partial charge < -0.3 is 9.64 Å². The molecule has 1 aromatic rings. The molecule has 18 heavy (non-hydrogen) atoms. The smallest absolute Gasteiger partial charge is 0.358 e. The molecule has 0 unspecified atom stereocenters. The van der Waals surface area contributed by atoms with Crippen LogP contribution >= 0.6 is 0 Å². The third kappa shape index (κ3) is 2.74. The van der Waals surface area contributed by atoms with Crippen LogP contribution in [0.3, 0.4) is 0 Å². The minimum Gasteiger partial charge on any atom is -0.464 e. The van der Waals surface area contributed by atoms with E-state index in [2.05, 4.69) is 20.8 Å². The van der Waals surface area contributed by atoms with E-state index in [9.17, 15) is 4.79 Å². The zero-order chi connectivity index (χ0) is 13.0. The van der Waals surface area contributed by atoms with Crippen molar-refractivity contribution in [3.63, 3.8) is 0 Å². The summed E-state index contributed by atoms with van der Waals surface area (Å²) in [6.07, 6.45) is 5.61. The van der Waals surface area contributed by atoms with Gasteiger partial charge in [0.1, 0.15) is 5.82 Å². The Kier molecular flexibility index (Phi) is 3.72. The summed E-state index contributed by atoms with van der Waals surface area (Å²) in [5.41, 5.74) is 0.192. The summed E-state index contributed by atoms with van der Waals surface area (Å²) in [7, 11) is 1.31. The van der Waals surface area contributed by atoms with Crippen molar-refractivity contribution in [2.75, 3.05) is 18.6 Å². The Morgan fingerprint density at radius 1 is 1.61 bits per heavy atom. The van der Waals surface area contributed by atoms with Crippen molar-refractivity contribution in [1.29, 1.82) is 5.26 Å². The maximum absolute atomic E-state index is 11.4. The van der Waals surface area contributed by atoms with Gasteiger partial charge in [-0.3, -0.25) is 4.98 Å². The van der Waals surface area contributed by atoms with E-state index in [0.717, 1.165) is 12.8 Å². The Morgan fingerprint density at radius 2 is 2.39 bits per heavy atom. The van der Waals surface area contributed by atoms with E-state index >= 15 is 0 Å². The van der Waals surface area contributed by atoms with Gasteiger partial charge in [-0.25, -0.2) is 9.78 Å². The summed E-state index contributed by atoms with van der Waals surface area (Å²) in [4.78, 5) is 21.7. The number of hydrogen-bond acceptors (Lipinski definition) is 6. The number of esters is 1. The normalized spacial score (nSPS) is 13.8. The summed E-state index contributed by atoms with van der Waals surface area (Å²) < 4.78 is 4.62. The zero-order valence-corrected chi connectivity index (χ0v) is 10.2. The third-order valence-corrected chi connectivity index (χ3v) is 2.76. The minimum atomic E-state index is -0.500. The fourth-order valence-electron chi connectivity index (χ4n) is 1.74. The van der Waals surface area contributed by atoms with E-state index in [-0.39, 0.29) is 5.69 Å². The van der Waals surface area contributed by atoms with Crippen molar-refractivity contribution in [1.82, 2.24) is 9.97 Å². The molecular formula is C12H14N4O2. The largest absolute Gasteiger partial charge is 0.464 e. The molecule has 1 aromatic heterocycles. The number of anilines is 1. The molecule has 6 heteroatoms. The second-order valence-electron chi connectivity index (χ2n) is 4.09. The summed E-state index contributed by atoms with van der Waals surface area (Å²) in [5.74, 6) is 0.135. The summed E-state index contributed by atoms with van der Waals surface area (Å²) in [6.45, 7) is 0.612. The average molecular weight is 246 g/mol. The average Bonchev–Trinajstić information content (AvgIpc) is 3.23. The molecule has 0 N–H and O–H groups in total. The molecule has 0 saturated heterocycles. The molecule has 1 heterocycles. The standard InChI is InChI=1S/C12H14N4O2/c1-18-12(17)10-7-14-8-11(15-10)16(6-2-5-13)9-3-4-9/h7-9H,2-4,6H2,1H3. The second kappa shape index (κ2) is 5.45. The van der Waals surface area contributed by atoms with Crippen LogP contribution in [0.5, 0.6) is 0 Å². The van der Waals surface area contributed by atoms with Crippen LogP contribution in [0, 0.1) is 11.3 Å². The number of hydrogen-bond donors (Lipinski definition) is 0. The van der Waals surface area contributed by atoms with Gasteiger partial charge in [0.15, 0.2) is 5.69 Å². The Balaban J connectivity index is 2.19. The second-order valence-corrected chi connectivity index (χ2v) is 4.09. The van der Waals surface area contributed by atoms with Gasteiger partial charge in [-0.05, 0) is 12.8 Å². The van der Waals surface area contributed by atoms with Crippen LogP contribution in [0.15, 0.2) is 12.4 Å². The Hall–Kier alpha value is -2.16. The number of rotatable bonds is 5. The molecule has 0 atom stereocenters. The maximum atomic E-state index is 11.4. The first-order valence-corrected chi connectivity index (χ1v) is 5.80. The van der Waals surface area contributed by atoms with Gasteiger partial charge in [0.05, 0.1) is 32.0 Å². The van der Waals surface area contributed by atoms with Crippen LogP contribution in [-0.4, -0.2) is 35.6 Å². The van der Waals surface area contributed by atoms with Crippen molar-refractivity contribution in [2.45, 2.75) is 25.3 Å². The topological polar surface area (TPSA) is 79.1 Å². The van der Waals surface area contributed by atoms with Crippen molar-refractivity contribution in [2.24, 2.45) is 0 Å². The number of nitrogens with zero attached hydrogens (tertiary/aromatic N) is 4. The molecule has 2 rings (SSSR count). The number of aromatic nitrogens is 2. The van der Waals surface area contributed by atoms with Gasteiger partial charge in [-0.15, -0.1) is 0 Å². The molecule has 94 valence electrons. The lowest BCUT2D eigenvalue weighted by Crippen LogP contribution is -2.28. The van der Waals surface area contributed by atoms with Crippen LogP contribution in [-0.2, 0) is 4.74 Å². The van der Waals surface area contributed by atoms with Gasteiger partial charge in [0.2, 0.25) is 0 Å². The molecule has 6 nitrogen and oxygen atoms in total. The Labute approximate surface area is 105 Å². The number of ether oxygens (including phenoxy) is 1. The van der Waals surface area contributed by atoms with Gasteiger partial charge in [-0.2, -0.15) is 5.26 Å². The first-order valence-electron chi connectivity index (χ1n) is 5.80. The van der Waals surface area contributed by atoms with E-state index < -0.39 is 5.97 Å². The van der Waals surface area contributed by atoms with Gasteiger partial charge in [0.25, 0.3) is 0 Å². The van der Waals surface area contributed by atoms with E-state index in [1.165, 1.54) is 13.3 Å². The molecule has 0 aromatic carbocycles. The SMILES string of the molecule is COC(=O)c1cncc(N(CCC#N)C2CC2)n1. The fraction of sp³-hybridized carbons (Fsp3) is 0.500. The number of carbonyl (C=O) groups excluding carboxylic acids is 1. The quantitative estimate of drug-likeness (QED) is 0.725. The highest BCUT2D eigenvalue weighted by Crippen LogP contribution is 2.30. The summed E-state index contributed by atoms with van der Waals surface area (Å²) >= 11 is 0. The van der Waals surface area contributed by atoms with E-state index in [4.69, 9.17) is 5.26 Å². The van der Waals surface area contributed by atoms with Crippen LogP contribution < -0.4 is 4.90 Å². The number of nitriles is 1. The highest BCUT2D eigenvalue weighted by molar-refractivity contribution is 5.87. The molecule has 0 amide bonds. The molecular weight excluding hydrogens is 232 g/mol. The van der Waals surface area contributed by atoms with Crippen molar-refractivity contribution in [3.8, 4) is 6.07 Å². The molecule has 1 aliphatic carbocycles. The molecule has 1 saturated carbocycles. The van der Waals surface area contributed by atoms with Crippen molar-refractivity contribution < 1.29 is 9.53 Å². The van der Waals surface area contributed by atoms with Gasteiger partial charge >= 0.3 is 5.97 Å². The molecule has 1 fully saturated rings. The minimum absolute atomic E-state index is 0.192. The van der Waals surface area contributed by atoms with E-state index in [1.54, 1.807) is 6.20 Å². The van der Waals surface area contributed by atoms with Crippen LogP contribution in [0.25, 0.3) is 0 Å². The lowest BCUT2D eigenvalue weighted by molar-refractivity contribution is 0.0593. The number of carbonyl (C=O) groups is 1. The highest BCUT2D eigenvalue weighted by atomic mass is 16.5. The van der Waals surface area contributed by atoms with Crippen LogP contribution in [0.2, 0.25) is 0 Å². The molecule has 0 aliphatic heterocycles. The van der Waals surface area contributed by atoms with Gasteiger partial charge in [0, 0.05) is 12.6 Å². The van der Waals surface area contributed by atoms with Crippen molar-refractivity contribution >= 4 is 11.8 Å². The van der Waals surface area contributed by atoms with Crippen LogP contribution in [0.4, 0.5) is 5.82 Å². The summed E-state index contributed by atoms with van der Waals surface area (Å²) in [5, 5.41) is 8.66. The molecule has 0 bridgehead atoms. The highest BCUT2D eigenvalue weighted by Gasteiger charge is 2.30. The fourth-order valence-corrected chi connectivity index (χ4v) is 1.74. The monoisotopic (exact) mass is 246 g/mol. The lowest BCUT2D eigenvalue weighted by Gasteiger charge is -2.21. The van der Waals surface area contributed by atoms with Gasteiger partial charge in [-0.1, -0.05) is 0 Å². The first-order chi connectivity index (χ1) is 8.76. The van der Waals surface area contributed by atoms with E-state index in [1.807, 2.05) is 4.90 Å². The van der Waals surface area contributed by atoms with E-state index in [0.29, 0.717) is 24.8 Å². The predicted molar refractivity (Wildman–Crippen MR) is 64.0 cm³/mol. The molecule has 1 aliphatic rings.